The lowest BCUT2D eigenvalue weighted by molar-refractivity contribution is -0.884. The predicted octanol–water partition coefficient (Wildman–Crippen LogP) is 2.10. The van der Waals surface area contributed by atoms with Crippen molar-refractivity contribution in [2.75, 3.05) is 47.0 Å². The van der Waals surface area contributed by atoms with Gasteiger partial charge in [-0.1, -0.05) is 13.8 Å². The third-order valence-corrected chi connectivity index (χ3v) is 5.42. The van der Waals surface area contributed by atoms with E-state index in [1.807, 2.05) is 41.5 Å². The molecule has 0 heterocycles. The highest BCUT2D eigenvalue weighted by Crippen LogP contribution is 2.22. The van der Waals surface area contributed by atoms with Crippen molar-refractivity contribution in [3.63, 3.8) is 0 Å². The minimum absolute atomic E-state index is 0.0886. The van der Waals surface area contributed by atoms with Crippen LogP contribution in [-0.2, 0) is 33.4 Å². The Morgan fingerprint density at radius 2 is 1.24 bits per heavy atom. The van der Waals surface area contributed by atoms with Crippen LogP contribution in [0, 0.1) is 10.8 Å². The van der Waals surface area contributed by atoms with E-state index in [1.165, 1.54) is 0 Å². The minimum atomic E-state index is -1.10. The van der Waals surface area contributed by atoms with E-state index in [9.17, 15) is 24.3 Å². The molecule has 0 spiro atoms. The van der Waals surface area contributed by atoms with Crippen molar-refractivity contribution in [2.24, 2.45) is 10.8 Å². The molecule has 0 N–H and O–H groups in total. The van der Waals surface area contributed by atoms with Crippen molar-refractivity contribution in [2.45, 2.75) is 74.1 Å². The van der Waals surface area contributed by atoms with Gasteiger partial charge < -0.3 is 28.6 Å². The van der Waals surface area contributed by atoms with Crippen molar-refractivity contribution in [1.82, 2.24) is 0 Å². The number of nitrogens with zero attached hydrogens (tertiary/aromatic N) is 1. The summed E-state index contributed by atoms with van der Waals surface area (Å²) in [5, 5.41) is 10.5. The van der Waals surface area contributed by atoms with Crippen molar-refractivity contribution in [3.8, 4) is 0 Å². The van der Waals surface area contributed by atoms with Gasteiger partial charge >= 0.3 is 17.9 Å². The Labute approximate surface area is 199 Å². The summed E-state index contributed by atoms with van der Waals surface area (Å²) in [6, 6.07) is 0. The number of quaternary nitrogens is 1. The zero-order chi connectivity index (χ0) is 26.3. The number of esters is 3. The molecule has 0 saturated heterocycles. The van der Waals surface area contributed by atoms with E-state index >= 15 is 0 Å². The van der Waals surface area contributed by atoms with Gasteiger partial charge in [0.25, 0.3) is 0 Å². The minimum Gasteiger partial charge on any atom is -0.544 e. The molecule has 0 saturated carbocycles. The van der Waals surface area contributed by atoms with Crippen LogP contribution in [0.1, 0.15) is 74.1 Å². The fourth-order valence-corrected chi connectivity index (χ4v) is 2.11. The highest BCUT2D eigenvalue weighted by atomic mass is 16.5. The summed E-state index contributed by atoms with van der Waals surface area (Å²) >= 11 is 0. The number of aliphatic carboxylic acids is 1. The van der Waals surface area contributed by atoms with Gasteiger partial charge in [-0.15, -0.1) is 0 Å². The van der Waals surface area contributed by atoms with Crippen LogP contribution < -0.4 is 5.11 Å². The maximum Gasteiger partial charge on any atom is 0.311 e. The Bertz CT molecular complexity index is 626. The van der Waals surface area contributed by atoms with Crippen LogP contribution in [0.2, 0.25) is 0 Å². The number of carbonyl (C=O) groups excluding carboxylic acids is 4. The van der Waals surface area contributed by atoms with Gasteiger partial charge in [0.1, 0.15) is 19.7 Å². The molecule has 9 nitrogen and oxygen atoms in total. The van der Waals surface area contributed by atoms with Crippen molar-refractivity contribution >= 4 is 23.9 Å². The predicted molar refractivity (Wildman–Crippen MR) is 123 cm³/mol. The highest BCUT2D eigenvalue weighted by Gasteiger charge is 2.28. The molecule has 0 fully saturated rings. The smallest absolute Gasteiger partial charge is 0.311 e. The van der Waals surface area contributed by atoms with Crippen molar-refractivity contribution in [3.05, 3.63) is 0 Å². The Morgan fingerprint density at radius 3 is 1.64 bits per heavy atom. The third-order valence-electron chi connectivity index (χ3n) is 5.42. The first-order valence-electron chi connectivity index (χ1n) is 11.6. The molecule has 33 heavy (non-hydrogen) atoms. The first kappa shape index (κ1) is 33.0. The molecule has 0 aliphatic heterocycles. The second kappa shape index (κ2) is 15.6. The zero-order valence-corrected chi connectivity index (χ0v) is 22.1. The van der Waals surface area contributed by atoms with Gasteiger partial charge in [-0.2, -0.15) is 0 Å². The number of rotatable bonds is 14. The number of hydrogen-bond donors (Lipinski definition) is 0. The fraction of sp³-hybridized carbons (Fsp3) is 0.833. The average molecular weight is 476 g/mol. The summed E-state index contributed by atoms with van der Waals surface area (Å²) in [7, 11) is 3.52. The molecular formula is C24H45NO8. The quantitative estimate of drug-likeness (QED) is 0.162. The van der Waals surface area contributed by atoms with Crippen LogP contribution >= 0.6 is 0 Å². The molecule has 0 radical (unpaired) electrons. The molecule has 0 aliphatic rings. The van der Waals surface area contributed by atoms with E-state index in [1.54, 1.807) is 21.0 Å². The standard InChI is InChI=1S/C12H23NO4.C12H22O4/c1-6-12(2,3)11(16)17-8-7-13(4,5)9-10(14)15;1-5-12(3,4)11(14)16-9-7-8-10(13)15-6-2/h6-9H2,1-5H3;5-9H2,1-4H3. The van der Waals surface area contributed by atoms with Crippen molar-refractivity contribution in [1.29, 1.82) is 0 Å². The summed E-state index contributed by atoms with van der Waals surface area (Å²) in [4.78, 5) is 44.6. The lowest BCUT2D eigenvalue weighted by Crippen LogP contribution is -2.50. The number of ether oxygens (including phenoxy) is 3. The van der Waals surface area contributed by atoms with Gasteiger partial charge in [0.15, 0.2) is 0 Å². The average Bonchev–Trinajstić information content (AvgIpc) is 2.70. The number of hydrogen-bond acceptors (Lipinski definition) is 8. The van der Waals surface area contributed by atoms with Gasteiger partial charge in [-0.05, 0) is 53.9 Å². The normalized spacial score (nSPS) is 11.7. The molecule has 0 aromatic heterocycles. The zero-order valence-electron chi connectivity index (χ0n) is 22.1. The van der Waals surface area contributed by atoms with E-state index < -0.39 is 16.8 Å². The molecule has 0 unspecified atom stereocenters. The SMILES string of the molecule is CCC(C)(C)C(=O)OCC[N+](C)(C)CC(=O)[O-].CCOC(=O)CCCOC(=O)C(C)(C)CC. The Hall–Kier alpha value is -2.16. The number of carbonyl (C=O) groups is 4. The first-order valence-corrected chi connectivity index (χ1v) is 11.6. The molecule has 0 rings (SSSR count). The van der Waals surface area contributed by atoms with E-state index in [0.29, 0.717) is 32.4 Å². The fourth-order valence-electron chi connectivity index (χ4n) is 2.11. The van der Waals surface area contributed by atoms with Crippen LogP contribution in [0.25, 0.3) is 0 Å². The molecule has 0 amide bonds. The maximum absolute atomic E-state index is 11.6. The first-order chi connectivity index (χ1) is 15.0. The number of likely N-dealkylation sites (N-methyl/N-ethyl adjacent to an activating group) is 1. The van der Waals surface area contributed by atoms with E-state index in [0.717, 1.165) is 6.42 Å². The molecule has 9 heteroatoms. The summed E-state index contributed by atoms with van der Waals surface area (Å²) in [5.74, 6) is -1.80. The second-order valence-corrected chi connectivity index (χ2v) is 9.84. The van der Waals surface area contributed by atoms with Crippen LogP contribution in [0.15, 0.2) is 0 Å². The van der Waals surface area contributed by atoms with Gasteiger partial charge in [-0.3, -0.25) is 14.4 Å². The second-order valence-electron chi connectivity index (χ2n) is 9.84. The molecule has 0 aliphatic carbocycles. The molecule has 0 atom stereocenters. The lowest BCUT2D eigenvalue weighted by atomic mass is 9.91. The summed E-state index contributed by atoms with van der Waals surface area (Å²) in [6.07, 6.45) is 2.27. The lowest BCUT2D eigenvalue weighted by Gasteiger charge is -2.30. The Kier molecular flexibility index (Phi) is 15.6. The Balaban J connectivity index is 0. The van der Waals surface area contributed by atoms with Crippen LogP contribution in [0.5, 0.6) is 0 Å². The van der Waals surface area contributed by atoms with E-state index in [4.69, 9.17) is 14.2 Å². The number of carboxylic acid groups (broad SMARTS) is 1. The van der Waals surface area contributed by atoms with Gasteiger partial charge in [0.2, 0.25) is 0 Å². The molecule has 0 aromatic carbocycles. The largest absolute Gasteiger partial charge is 0.544 e. The molecule has 0 bridgehead atoms. The van der Waals surface area contributed by atoms with Crippen LogP contribution in [-0.4, -0.2) is 75.4 Å². The van der Waals surface area contributed by atoms with E-state index in [2.05, 4.69) is 0 Å². The highest BCUT2D eigenvalue weighted by molar-refractivity contribution is 5.76. The third kappa shape index (κ3) is 16.2. The van der Waals surface area contributed by atoms with Gasteiger partial charge in [-0.25, -0.2) is 0 Å². The Morgan fingerprint density at radius 1 is 0.788 bits per heavy atom. The van der Waals surface area contributed by atoms with Gasteiger partial charge in [0, 0.05) is 6.42 Å². The molecule has 0 aromatic rings. The van der Waals surface area contributed by atoms with Gasteiger partial charge in [0.05, 0.1) is 44.1 Å². The topological polar surface area (TPSA) is 119 Å². The summed E-state index contributed by atoms with van der Waals surface area (Å²) in [5.41, 5.74) is -0.921. The maximum atomic E-state index is 11.6. The summed E-state index contributed by atoms with van der Waals surface area (Å²) < 4.78 is 15.2. The van der Waals surface area contributed by atoms with E-state index in [-0.39, 0.29) is 42.1 Å². The molecule has 194 valence electrons. The van der Waals surface area contributed by atoms with Crippen LogP contribution in [0.4, 0.5) is 0 Å². The number of carboxylic acids is 1. The molecular weight excluding hydrogens is 430 g/mol. The monoisotopic (exact) mass is 475 g/mol. The van der Waals surface area contributed by atoms with Crippen molar-refractivity contribution < 1.29 is 43.0 Å². The summed E-state index contributed by atoms with van der Waals surface area (Å²) in [6.45, 7) is 14.3. The van der Waals surface area contributed by atoms with Crippen LogP contribution in [0.3, 0.4) is 0 Å².